The van der Waals surface area contributed by atoms with Crippen LogP contribution in [0.3, 0.4) is 0 Å². The number of carbonyl (C=O) groups excluding carboxylic acids is 2. The maximum absolute atomic E-state index is 12.7. The van der Waals surface area contributed by atoms with Gasteiger partial charge in [-0.2, -0.15) is 0 Å². The molecule has 1 aromatic rings. The van der Waals surface area contributed by atoms with Crippen molar-refractivity contribution in [2.45, 2.75) is 38.5 Å². The zero-order valence-corrected chi connectivity index (χ0v) is 12.3. The molecule has 1 aliphatic heterocycles. The van der Waals surface area contributed by atoms with E-state index in [4.69, 9.17) is 0 Å². The lowest BCUT2D eigenvalue weighted by Gasteiger charge is -2.31. The predicted octanol–water partition coefficient (Wildman–Crippen LogP) is 3.43. The van der Waals surface area contributed by atoms with Crippen LogP contribution in [0.15, 0.2) is 24.3 Å². The molecule has 0 saturated heterocycles. The minimum absolute atomic E-state index is 0.162. The van der Waals surface area contributed by atoms with Crippen LogP contribution in [0.1, 0.15) is 48.9 Å². The number of Topliss-reactive ketones (excluding diaryl/α,β-unsaturated/α-hetero) is 1. The van der Waals surface area contributed by atoms with Crippen molar-refractivity contribution in [1.29, 1.82) is 0 Å². The number of ketones is 1. The first-order chi connectivity index (χ1) is 10.2. The summed E-state index contributed by atoms with van der Waals surface area (Å²) in [5, 5.41) is 0. The van der Waals surface area contributed by atoms with Crippen molar-refractivity contribution in [3.8, 4) is 0 Å². The van der Waals surface area contributed by atoms with Gasteiger partial charge >= 0.3 is 0 Å². The van der Waals surface area contributed by atoms with Crippen molar-refractivity contribution in [2.75, 3.05) is 11.4 Å². The van der Waals surface area contributed by atoms with E-state index in [1.807, 2.05) is 29.2 Å². The molecule has 0 aromatic heterocycles. The normalized spacial score (nSPS) is 30.6. The van der Waals surface area contributed by atoms with E-state index in [0.29, 0.717) is 30.9 Å². The van der Waals surface area contributed by atoms with Crippen LogP contribution in [-0.4, -0.2) is 18.2 Å². The van der Waals surface area contributed by atoms with Crippen molar-refractivity contribution in [3.63, 3.8) is 0 Å². The Bertz CT molecular complexity index is 595. The first-order valence-electron chi connectivity index (χ1n) is 8.15. The summed E-state index contributed by atoms with van der Waals surface area (Å²) in [4.78, 5) is 26.5. The van der Waals surface area contributed by atoms with E-state index in [-0.39, 0.29) is 11.7 Å². The van der Waals surface area contributed by atoms with Gasteiger partial charge in [0.15, 0.2) is 5.78 Å². The van der Waals surface area contributed by atoms with Gasteiger partial charge in [-0.15, -0.1) is 0 Å². The lowest BCUT2D eigenvalue weighted by molar-refractivity contribution is -0.119. The van der Waals surface area contributed by atoms with Crippen LogP contribution in [0.2, 0.25) is 0 Å². The van der Waals surface area contributed by atoms with Crippen LogP contribution in [0.25, 0.3) is 0 Å². The van der Waals surface area contributed by atoms with E-state index >= 15 is 0 Å². The van der Waals surface area contributed by atoms with Crippen LogP contribution < -0.4 is 4.90 Å². The summed E-state index contributed by atoms with van der Waals surface area (Å²) in [5.41, 5.74) is 1.53. The number of hydrogen-bond donors (Lipinski definition) is 0. The third-order valence-corrected chi connectivity index (χ3v) is 5.68. The van der Waals surface area contributed by atoms with Gasteiger partial charge in [0.1, 0.15) is 0 Å². The second kappa shape index (κ2) is 4.97. The number of carbonyl (C=O) groups is 2. The first-order valence-corrected chi connectivity index (χ1v) is 8.15. The highest BCUT2D eigenvalue weighted by atomic mass is 16.2. The summed E-state index contributed by atoms with van der Waals surface area (Å²) in [7, 11) is 0. The molecule has 2 bridgehead atoms. The van der Waals surface area contributed by atoms with Crippen LogP contribution in [0, 0.1) is 17.8 Å². The molecule has 0 radical (unpaired) electrons. The van der Waals surface area contributed by atoms with Gasteiger partial charge in [-0.05, 0) is 49.1 Å². The van der Waals surface area contributed by atoms with Gasteiger partial charge in [0.2, 0.25) is 5.91 Å². The van der Waals surface area contributed by atoms with Crippen molar-refractivity contribution in [1.82, 2.24) is 0 Å². The van der Waals surface area contributed by atoms with Gasteiger partial charge in [-0.1, -0.05) is 18.6 Å². The van der Waals surface area contributed by atoms with E-state index in [9.17, 15) is 9.59 Å². The molecule has 0 N–H and O–H groups in total. The molecule has 4 rings (SSSR count). The highest BCUT2D eigenvalue weighted by molar-refractivity contribution is 6.08. The number of amides is 1. The lowest BCUT2D eigenvalue weighted by atomic mass is 9.86. The van der Waals surface area contributed by atoms with Crippen molar-refractivity contribution >= 4 is 17.4 Å². The van der Waals surface area contributed by atoms with Gasteiger partial charge in [0.05, 0.1) is 5.69 Å². The van der Waals surface area contributed by atoms with Gasteiger partial charge in [0, 0.05) is 24.9 Å². The quantitative estimate of drug-likeness (QED) is 0.834. The molecule has 0 spiro atoms. The number of para-hydroxylation sites is 1. The zero-order valence-electron chi connectivity index (χ0n) is 12.3. The van der Waals surface area contributed by atoms with Gasteiger partial charge < -0.3 is 4.90 Å². The van der Waals surface area contributed by atoms with Crippen molar-refractivity contribution < 1.29 is 9.59 Å². The molecular formula is C18H21NO2. The Morgan fingerprint density at radius 2 is 2.05 bits per heavy atom. The Kier molecular flexibility index (Phi) is 3.09. The Labute approximate surface area is 125 Å². The minimum atomic E-state index is 0.162. The van der Waals surface area contributed by atoms with E-state index in [0.717, 1.165) is 17.5 Å². The SMILES string of the molecule is O=C1CCN(C(=O)CC2CC3CCC2C3)c2ccccc21. The maximum atomic E-state index is 12.7. The summed E-state index contributed by atoms with van der Waals surface area (Å²) in [6.45, 7) is 0.551. The fourth-order valence-electron chi connectivity index (χ4n) is 4.63. The fraction of sp³-hybridized carbons (Fsp3) is 0.556. The number of anilines is 1. The van der Waals surface area contributed by atoms with Gasteiger partial charge in [-0.25, -0.2) is 0 Å². The van der Waals surface area contributed by atoms with Crippen LogP contribution in [0.5, 0.6) is 0 Å². The standard InChI is InChI=1S/C18H21NO2/c20-17-7-8-19(16-4-2-1-3-15(16)17)18(21)11-14-10-12-5-6-13(14)9-12/h1-4,12-14H,5-11H2. The molecule has 110 valence electrons. The molecule has 3 unspecified atom stereocenters. The monoisotopic (exact) mass is 283 g/mol. The molecule has 3 nitrogen and oxygen atoms in total. The average Bonchev–Trinajstić information content (AvgIpc) is 3.10. The Morgan fingerprint density at radius 3 is 2.81 bits per heavy atom. The minimum Gasteiger partial charge on any atom is -0.311 e. The number of nitrogens with zero attached hydrogens (tertiary/aromatic N) is 1. The molecular weight excluding hydrogens is 262 g/mol. The summed E-state index contributed by atoms with van der Waals surface area (Å²) in [6, 6.07) is 7.54. The van der Waals surface area contributed by atoms with Gasteiger partial charge in [0.25, 0.3) is 0 Å². The van der Waals surface area contributed by atoms with E-state index in [2.05, 4.69) is 0 Å². The Hall–Kier alpha value is -1.64. The topological polar surface area (TPSA) is 37.4 Å². The van der Waals surface area contributed by atoms with Crippen LogP contribution in [0.4, 0.5) is 5.69 Å². The zero-order chi connectivity index (χ0) is 14.4. The predicted molar refractivity (Wildman–Crippen MR) is 81.3 cm³/mol. The molecule has 3 atom stereocenters. The van der Waals surface area contributed by atoms with Crippen LogP contribution in [-0.2, 0) is 4.79 Å². The van der Waals surface area contributed by atoms with Crippen molar-refractivity contribution in [2.24, 2.45) is 17.8 Å². The Balaban J connectivity index is 1.53. The van der Waals surface area contributed by atoms with Crippen molar-refractivity contribution in [3.05, 3.63) is 29.8 Å². The number of fused-ring (bicyclic) bond motifs is 3. The number of benzene rings is 1. The van der Waals surface area contributed by atoms with Gasteiger partial charge in [-0.3, -0.25) is 9.59 Å². The maximum Gasteiger partial charge on any atom is 0.227 e. The van der Waals surface area contributed by atoms with E-state index in [1.165, 1.54) is 25.7 Å². The largest absolute Gasteiger partial charge is 0.311 e. The third kappa shape index (κ3) is 2.19. The smallest absolute Gasteiger partial charge is 0.227 e. The molecule has 3 heteroatoms. The fourth-order valence-corrected chi connectivity index (χ4v) is 4.63. The molecule has 1 amide bonds. The Morgan fingerprint density at radius 1 is 1.19 bits per heavy atom. The molecule has 1 heterocycles. The van der Waals surface area contributed by atoms with Crippen LogP contribution >= 0.6 is 0 Å². The third-order valence-electron chi connectivity index (χ3n) is 5.68. The summed E-state index contributed by atoms with van der Waals surface area (Å²) >= 11 is 0. The molecule has 21 heavy (non-hydrogen) atoms. The molecule has 3 aliphatic rings. The number of rotatable bonds is 2. The second-order valence-electron chi connectivity index (χ2n) is 6.87. The van der Waals surface area contributed by atoms with E-state index < -0.39 is 0 Å². The molecule has 1 aromatic carbocycles. The molecule has 2 aliphatic carbocycles. The summed E-state index contributed by atoms with van der Waals surface area (Å²) in [5.74, 6) is 2.62. The lowest BCUT2D eigenvalue weighted by Crippen LogP contribution is -2.38. The average molecular weight is 283 g/mol. The molecule has 2 fully saturated rings. The summed E-state index contributed by atoms with van der Waals surface area (Å²) in [6.07, 6.45) is 6.40. The highest BCUT2D eigenvalue weighted by Gasteiger charge is 2.41. The van der Waals surface area contributed by atoms with E-state index in [1.54, 1.807) is 0 Å². The second-order valence-corrected chi connectivity index (χ2v) is 6.87. The number of hydrogen-bond acceptors (Lipinski definition) is 2. The first kappa shape index (κ1) is 13.1. The highest BCUT2D eigenvalue weighted by Crippen LogP contribution is 2.49. The summed E-state index contributed by atoms with van der Waals surface area (Å²) < 4.78 is 0. The molecule has 2 saturated carbocycles.